The van der Waals surface area contributed by atoms with Crippen molar-refractivity contribution in [2.75, 3.05) is 0 Å². The van der Waals surface area contributed by atoms with Crippen molar-refractivity contribution in [2.24, 2.45) is 0 Å². The summed E-state index contributed by atoms with van der Waals surface area (Å²) in [5.41, 5.74) is 1.07. The van der Waals surface area contributed by atoms with Gasteiger partial charge in [-0.3, -0.25) is 0 Å². The summed E-state index contributed by atoms with van der Waals surface area (Å²) in [5.74, 6) is 0. The lowest BCUT2D eigenvalue weighted by atomic mass is 10.1. The molecule has 0 atom stereocenters. The molecule has 2 nitrogen and oxygen atoms in total. The van der Waals surface area contributed by atoms with Crippen LogP contribution in [0.3, 0.4) is 0 Å². The first kappa shape index (κ1) is 21.6. The van der Waals surface area contributed by atoms with Gasteiger partial charge in [-0.05, 0) is 31.9 Å². The van der Waals surface area contributed by atoms with Crippen LogP contribution in [0.15, 0.2) is 70.1 Å². The maximum Gasteiger partial charge on any atom is 0.199 e. The van der Waals surface area contributed by atoms with E-state index in [2.05, 4.69) is 32.2 Å². The molecule has 4 heteroatoms. The molecular weight excluding hydrogens is 368 g/mol. The van der Waals surface area contributed by atoms with E-state index < -0.39 is 17.9 Å². The second-order valence-electron chi connectivity index (χ2n) is 7.80. The molecule has 0 saturated carbocycles. The van der Waals surface area contributed by atoms with E-state index in [-0.39, 0.29) is 0 Å². The largest absolute Gasteiger partial charge is 0.219 e. The fraction of sp³-hybridized carbons (Fsp3) is 0.391. The molecule has 2 aromatic rings. The molecule has 0 amide bonds. The van der Waals surface area contributed by atoms with Gasteiger partial charge in [-0.1, -0.05) is 97.7 Å². The van der Waals surface area contributed by atoms with E-state index in [0.29, 0.717) is 4.90 Å². The highest BCUT2D eigenvalue weighted by Gasteiger charge is 2.29. The number of benzene rings is 2. The van der Waals surface area contributed by atoms with Crippen LogP contribution in [-0.4, -0.2) is 16.5 Å². The van der Waals surface area contributed by atoms with E-state index in [4.69, 9.17) is 0 Å². The van der Waals surface area contributed by atoms with Gasteiger partial charge in [0.1, 0.15) is 8.07 Å². The second kappa shape index (κ2) is 9.51. The Labute approximate surface area is 166 Å². The zero-order valence-electron chi connectivity index (χ0n) is 17.0. The molecular formula is C23H32O2SSi. The van der Waals surface area contributed by atoms with E-state index in [1.54, 1.807) is 17.5 Å². The van der Waals surface area contributed by atoms with Crippen molar-refractivity contribution in [3.63, 3.8) is 0 Å². The number of hydrogen-bond acceptors (Lipinski definition) is 2. The first-order valence-electron chi connectivity index (χ1n) is 9.85. The summed E-state index contributed by atoms with van der Waals surface area (Å²) in [7, 11) is -5.48. The van der Waals surface area contributed by atoms with E-state index in [9.17, 15) is 8.42 Å². The highest BCUT2D eigenvalue weighted by Crippen LogP contribution is 2.25. The van der Waals surface area contributed by atoms with Crippen LogP contribution < -0.4 is 5.19 Å². The van der Waals surface area contributed by atoms with Crippen LogP contribution in [-0.2, 0) is 9.84 Å². The van der Waals surface area contributed by atoms with Gasteiger partial charge in [0, 0.05) is 5.41 Å². The van der Waals surface area contributed by atoms with Gasteiger partial charge in [0.05, 0.1) is 4.90 Å². The second-order valence-corrected chi connectivity index (χ2v) is 14.1. The topological polar surface area (TPSA) is 34.1 Å². The summed E-state index contributed by atoms with van der Waals surface area (Å²) in [6, 6.07) is 17.6. The van der Waals surface area contributed by atoms with Crippen molar-refractivity contribution in [2.45, 2.75) is 63.9 Å². The standard InChI is InChI=1S/C23H32O2SSi/c1-5-6-7-9-14-23(27(3,4)22-12-10-8-11-13-22)19-26(24,25)21-17-15-20(2)16-18-21/h8,10-13,15-19H,5-7,9,14H2,1-4H3/b23-19+. The Balaban J connectivity index is 2.41. The van der Waals surface area contributed by atoms with E-state index in [1.807, 2.05) is 37.3 Å². The van der Waals surface area contributed by atoms with Crippen molar-refractivity contribution in [1.82, 2.24) is 0 Å². The van der Waals surface area contributed by atoms with Crippen LogP contribution >= 0.6 is 0 Å². The van der Waals surface area contributed by atoms with Crippen LogP contribution in [0.1, 0.15) is 44.6 Å². The van der Waals surface area contributed by atoms with Crippen molar-refractivity contribution >= 4 is 23.1 Å². The van der Waals surface area contributed by atoms with Gasteiger partial charge in [0.15, 0.2) is 9.84 Å². The van der Waals surface area contributed by atoms with E-state index >= 15 is 0 Å². The average Bonchev–Trinajstić information content (AvgIpc) is 2.65. The quantitative estimate of drug-likeness (QED) is 0.395. The predicted octanol–water partition coefficient (Wildman–Crippen LogP) is 5.78. The predicted molar refractivity (Wildman–Crippen MR) is 119 cm³/mol. The Bertz CT molecular complexity index is 851. The van der Waals surface area contributed by atoms with Crippen LogP contribution in [0.25, 0.3) is 0 Å². The average molecular weight is 401 g/mol. The van der Waals surface area contributed by atoms with Crippen molar-refractivity contribution in [3.05, 3.63) is 70.8 Å². The third-order valence-corrected chi connectivity index (χ3v) is 10.8. The fourth-order valence-electron chi connectivity index (χ4n) is 3.28. The number of rotatable bonds is 9. The molecule has 0 aliphatic carbocycles. The Hall–Kier alpha value is -1.65. The summed E-state index contributed by atoms with van der Waals surface area (Å²) in [4.78, 5) is 0.386. The van der Waals surface area contributed by atoms with Crippen molar-refractivity contribution < 1.29 is 8.42 Å². The fourth-order valence-corrected chi connectivity index (χ4v) is 8.27. The minimum absolute atomic E-state index is 0.386. The lowest BCUT2D eigenvalue weighted by Gasteiger charge is -2.27. The molecule has 2 aromatic carbocycles. The Morgan fingerprint density at radius 3 is 2.15 bits per heavy atom. The normalized spacial score (nSPS) is 13.0. The van der Waals surface area contributed by atoms with Gasteiger partial charge in [0.2, 0.25) is 0 Å². The Morgan fingerprint density at radius 2 is 1.56 bits per heavy atom. The van der Waals surface area contributed by atoms with Crippen molar-refractivity contribution in [3.8, 4) is 0 Å². The summed E-state index contributed by atoms with van der Waals surface area (Å²) in [6.07, 6.45) is 5.44. The maximum absolute atomic E-state index is 13.1. The van der Waals surface area contributed by atoms with E-state index in [1.165, 1.54) is 18.0 Å². The van der Waals surface area contributed by atoms with Gasteiger partial charge in [-0.2, -0.15) is 0 Å². The number of hydrogen-bond donors (Lipinski definition) is 0. The SMILES string of the molecule is CCCCCC/C(=C\S(=O)(=O)c1ccc(C)cc1)[Si](C)(C)c1ccccc1. The summed E-state index contributed by atoms with van der Waals surface area (Å²) >= 11 is 0. The molecule has 146 valence electrons. The van der Waals surface area contributed by atoms with E-state index in [0.717, 1.165) is 30.0 Å². The maximum atomic E-state index is 13.1. The number of sulfone groups is 1. The lowest BCUT2D eigenvalue weighted by Crippen LogP contribution is -2.44. The lowest BCUT2D eigenvalue weighted by molar-refractivity contribution is 0.604. The molecule has 0 fully saturated rings. The zero-order chi connectivity index (χ0) is 19.9. The summed E-state index contributed by atoms with van der Waals surface area (Å²) in [6.45, 7) is 8.69. The van der Waals surface area contributed by atoms with Gasteiger partial charge < -0.3 is 0 Å². The molecule has 0 aliphatic rings. The third-order valence-electron chi connectivity index (χ3n) is 5.24. The molecule has 0 heterocycles. The molecule has 2 rings (SSSR count). The van der Waals surface area contributed by atoms with Crippen LogP contribution in [0.2, 0.25) is 13.1 Å². The highest BCUT2D eigenvalue weighted by molar-refractivity contribution is 7.94. The smallest absolute Gasteiger partial charge is 0.199 e. The molecule has 0 spiro atoms. The first-order valence-corrected chi connectivity index (χ1v) is 14.4. The minimum atomic E-state index is -3.44. The minimum Gasteiger partial charge on any atom is -0.219 e. The number of aryl methyl sites for hydroxylation is 1. The molecule has 27 heavy (non-hydrogen) atoms. The van der Waals surface area contributed by atoms with Crippen LogP contribution in [0.4, 0.5) is 0 Å². The summed E-state index contributed by atoms with van der Waals surface area (Å²) in [5, 5.41) is 3.99. The first-order chi connectivity index (χ1) is 12.8. The molecule has 0 saturated heterocycles. The van der Waals surface area contributed by atoms with Crippen LogP contribution in [0, 0.1) is 6.92 Å². The van der Waals surface area contributed by atoms with Gasteiger partial charge in [-0.15, -0.1) is 0 Å². The number of unbranched alkanes of at least 4 members (excludes halogenated alkanes) is 3. The van der Waals surface area contributed by atoms with Crippen molar-refractivity contribution in [1.29, 1.82) is 0 Å². The third kappa shape index (κ3) is 5.91. The molecule has 0 aromatic heterocycles. The molecule has 0 N–H and O–H groups in total. The van der Waals surface area contributed by atoms with Gasteiger partial charge in [0.25, 0.3) is 0 Å². The molecule has 0 unspecified atom stereocenters. The monoisotopic (exact) mass is 400 g/mol. The highest BCUT2D eigenvalue weighted by atomic mass is 32.2. The van der Waals surface area contributed by atoms with Gasteiger partial charge >= 0.3 is 0 Å². The van der Waals surface area contributed by atoms with Gasteiger partial charge in [-0.25, -0.2) is 8.42 Å². The van der Waals surface area contributed by atoms with Crippen LogP contribution in [0.5, 0.6) is 0 Å². The Morgan fingerprint density at radius 1 is 0.926 bits per heavy atom. The zero-order valence-corrected chi connectivity index (χ0v) is 18.9. The number of allylic oxidation sites excluding steroid dienone is 1. The molecule has 0 radical (unpaired) electrons. The Kier molecular flexibility index (Phi) is 7.63. The molecule has 0 bridgehead atoms. The molecule has 0 aliphatic heterocycles. The summed E-state index contributed by atoms with van der Waals surface area (Å²) < 4.78 is 26.1.